The minimum absolute atomic E-state index is 0.0745. The zero-order valence-corrected chi connectivity index (χ0v) is 15.9. The molecule has 3 amide bonds. The van der Waals surface area contributed by atoms with Crippen LogP contribution in [0.1, 0.15) is 23.7 Å². The van der Waals surface area contributed by atoms with E-state index in [-0.39, 0.29) is 22.8 Å². The van der Waals surface area contributed by atoms with Gasteiger partial charge in [-0.05, 0) is 37.1 Å². The molecule has 2 aliphatic heterocycles. The van der Waals surface area contributed by atoms with Gasteiger partial charge in [-0.3, -0.25) is 4.79 Å². The van der Waals surface area contributed by atoms with E-state index in [9.17, 15) is 18.0 Å². The van der Waals surface area contributed by atoms with Crippen molar-refractivity contribution in [1.82, 2.24) is 25.2 Å². The van der Waals surface area contributed by atoms with Gasteiger partial charge in [0.25, 0.3) is 10.0 Å². The van der Waals surface area contributed by atoms with Gasteiger partial charge >= 0.3 is 6.03 Å². The van der Waals surface area contributed by atoms with Gasteiger partial charge in [0, 0.05) is 18.4 Å². The Morgan fingerprint density at radius 3 is 2.82 bits per heavy atom. The van der Waals surface area contributed by atoms with Gasteiger partial charge in [-0.1, -0.05) is 0 Å². The molecule has 1 aromatic rings. The van der Waals surface area contributed by atoms with E-state index < -0.39 is 28.5 Å². The lowest BCUT2D eigenvalue weighted by atomic mass is 10.1. The third-order valence-electron chi connectivity index (χ3n) is 4.25. The van der Waals surface area contributed by atoms with Gasteiger partial charge < -0.3 is 16.0 Å². The summed E-state index contributed by atoms with van der Waals surface area (Å²) in [5.74, 6) is -0.650. The number of carbonyl (C=O) groups is 2. The van der Waals surface area contributed by atoms with Crippen LogP contribution in [-0.2, 0) is 21.4 Å². The summed E-state index contributed by atoms with van der Waals surface area (Å²) in [6.07, 6.45) is 2.91. The van der Waals surface area contributed by atoms with Crippen LogP contribution in [0, 0.1) is 24.8 Å². The van der Waals surface area contributed by atoms with Crippen molar-refractivity contribution >= 4 is 22.0 Å². The number of amides is 3. The molecule has 0 unspecified atom stereocenters. The van der Waals surface area contributed by atoms with Crippen molar-refractivity contribution in [1.29, 1.82) is 5.26 Å². The second-order valence-electron chi connectivity index (χ2n) is 6.17. The quantitative estimate of drug-likeness (QED) is 0.649. The molecule has 0 aromatic carbocycles. The zero-order valence-electron chi connectivity index (χ0n) is 15.1. The van der Waals surface area contributed by atoms with Gasteiger partial charge in [0.05, 0.1) is 12.2 Å². The average molecular weight is 401 g/mol. The van der Waals surface area contributed by atoms with Crippen LogP contribution in [0.4, 0.5) is 4.79 Å². The fraction of sp³-hybridized carbons (Fsp3) is 0.235. The summed E-state index contributed by atoms with van der Waals surface area (Å²) >= 11 is 0. The number of urea groups is 1. The Balaban J connectivity index is 1.72. The number of hydrogen-bond acceptors (Lipinski definition) is 7. The Morgan fingerprint density at radius 1 is 1.39 bits per heavy atom. The molecule has 28 heavy (non-hydrogen) atoms. The predicted octanol–water partition coefficient (Wildman–Crippen LogP) is 0.113. The molecule has 1 fully saturated rings. The van der Waals surface area contributed by atoms with Gasteiger partial charge in [-0.2, -0.15) is 5.26 Å². The third-order valence-corrected chi connectivity index (χ3v) is 6.17. The maximum Gasteiger partial charge on any atom is 0.336 e. The molecule has 2 aliphatic rings. The summed E-state index contributed by atoms with van der Waals surface area (Å²) in [6.45, 7) is 4.27. The van der Waals surface area contributed by atoms with E-state index in [0.29, 0.717) is 15.6 Å². The van der Waals surface area contributed by atoms with Crippen LogP contribution >= 0.6 is 0 Å². The second kappa shape index (κ2) is 7.32. The lowest BCUT2D eigenvalue weighted by Gasteiger charge is -2.32. The summed E-state index contributed by atoms with van der Waals surface area (Å²) in [4.78, 5) is 28.4. The first-order chi connectivity index (χ1) is 13.2. The van der Waals surface area contributed by atoms with Crippen LogP contribution in [0.5, 0.6) is 0 Å². The average Bonchev–Trinajstić information content (AvgIpc) is 2.63. The number of carbonyl (C=O) groups excluding carboxylic acids is 2. The Hall–Kier alpha value is -3.39. The molecule has 3 N–H and O–H groups in total. The fourth-order valence-electron chi connectivity index (χ4n) is 2.79. The number of pyridine rings is 1. The number of nitrogens with zero attached hydrogens (tertiary/aromatic N) is 3. The molecule has 0 bridgehead atoms. The van der Waals surface area contributed by atoms with Crippen LogP contribution in [0.15, 0.2) is 34.6 Å². The zero-order chi connectivity index (χ0) is 20.5. The SMILES string of the molecule is CC1=C2C(=C[CH]N1)NC(=O)N(CC(=O)NCc1cnc(C#N)cc1C)S2(=O)=O. The molecule has 145 valence electrons. The highest BCUT2D eigenvalue weighted by Gasteiger charge is 2.42. The molecule has 0 atom stereocenters. The van der Waals surface area contributed by atoms with Gasteiger partial charge in [0.15, 0.2) is 0 Å². The van der Waals surface area contributed by atoms with E-state index in [1.807, 2.05) is 6.07 Å². The van der Waals surface area contributed by atoms with E-state index in [1.54, 1.807) is 19.9 Å². The molecule has 1 aromatic heterocycles. The molecular weight excluding hydrogens is 384 g/mol. The van der Waals surface area contributed by atoms with Crippen LogP contribution in [0.2, 0.25) is 0 Å². The lowest BCUT2D eigenvalue weighted by molar-refractivity contribution is -0.121. The molecule has 10 nitrogen and oxygen atoms in total. The Kier molecular flexibility index (Phi) is 5.06. The highest BCUT2D eigenvalue weighted by Crippen LogP contribution is 2.29. The number of nitriles is 1. The smallest absolute Gasteiger partial charge is 0.336 e. The summed E-state index contributed by atoms with van der Waals surface area (Å²) < 4.78 is 26.1. The van der Waals surface area contributed by atoms with Crippen LogP contribution in [-0.4, -0.2) is 36.2 Å². The number of sulfonamides is 1. The van der Waals surface area contributed by atoms with E-state index in [1.165, 1.54) is 18.8 Å². The maximum atomic E-state index is 12.8. The van der Waals surface area contributed by atoms with Crippen molar-refractivity contribution in [3.05, 3.63) is 58.0 Å². The van der Waals surface area contributed by atoms with Crippen molar-refractivity contribution in [2.24, 2.45) is 0 Å². The molecule has 11 heteroatoms. The Bertz CT molecular complexity index is 1070. The Labute approximate surface area is 162 Å². The molecule has 0 spiro atoms. The largest absolute Gasteiger partial charge is 0.379 e. The summed E-state index contributed by atoms with van der Waals surface area (Å²) in [6, 6.07) is 2.61. The number of nitrogens with one attached hydrogen (secondary N) is 3. The summed E-state index contributed by atoms with van der Waals surface area (Å²) in [5.41, 5.74) is 2.21. The third kappa shape index (κ3) is 3.54. The fourth-order valence-corrected chi connectivity index (χ4v) is 4.40. The molecule has 0 aliphatic carbocycles. The van der Waals surface area contributed by atoms with E-state index in [4.69, 9.17) is 5.26 Å². The number of dihydropyridines is 1. The first-order valence-corrected chi connectivity index (χ1v) is 9.65. The number of fused-ring (bicyclic) bond motifs is 1. The van der Waals surface area contributed by atoms with Crippen LogP contribution in [0.3, 0.4) is 0 Å². The standard InChI is InChI=1S/C17H17N6O4S/c1-10-5-13(6-18)20-7-12(10)8-21-15(24)9-23-17(25)22-14-3-4-19-11(2)16(14)28(23,26)27/h3-5,7,19H,8-9H2,1-2H3,(H,21,24)(H,22,25). The minimum atomic E-state index is -4.18. The van der Waals surface area contributed by atoms with Gasteiger partial charge in [-0.15, -0.1) is 0 Å². The topological polar surface area (TPSA) is 144 Å². The predicted molar refractivity (Wildman–Crippen MR) is 97.9 cm³/mol. The van der Waals surface area contributed by atoms with E-state index in [0.717, 1.165) is 5.56 Å². The van der Waals surface area contributed by atoms with Crippen molar-refractivity contribution < 1.29 is 18.0 Å². The molecule has 3 heterocycles. The number of aryl methyl sites for hydroxylation is 1. The maximum absolute atomic E-state index is 12.8. The minimum Gasteiger partial charge on any atom is -0.379 e. The normalized spacial score (nSPS) is 17.7. The monoisotopic (exact) mass is 401 g/mol. The lowest BCUT2D eigenvalue weighted by Crippen LogP contribution is -2.54. The van der Waals surface area contributed by atoms with Crippen molar-refractivity contribution in [3.63, 3.8) is 0 Å². The first-order valence-electron chi connectivity index (χ1n) is 8.21. The Morgan fingerprint density at radius 2 is 2.14 bits per heavy atom. The van der Waals surface area contributed by atoms with Crippen LogP contribution < -0.4 is 16.0 Å². The molecule has 1 saturated heterocycles. The molecule has 0 saturated carbocycles. The number of hydrogen-bond donors (Lipinski definition) is 3. The van der Waals surface area contributed by atoms with E-state index in [2.05, 4.69) is 20.9 Å². The molecule has 1 radical (unpaired) electrons. The molecule has 3 rings (SSSR count). The highest BCUT2D eigenvalue weighted by atomic mass is 32.2. The van der Waals surface area contributed by atoms with Gasteiger partial charge in [-0.25, -0.2) is 22.5 Å². The van der Waals surface area contributed by atoms with Gasteiger partial charge in [0.1, 0.15) is 23.2 Å². The number of aromatic nitrogens is 1. The number of rotatable bonds is 4. The van der Waals surface area contributed by atoms with Crippen LogP contribution in [0.25, 0.3) is 0 Å². The number of allylic oxidation sites excluding steroid dienone is 1. The first kappa shape index (κ1) is 19.4. The summed E-state index contributed by atoms with van der Waals surface area (Å²) in [5, 5.41) is 16.7. The second-order valence-corrected chi connectivity index (χ2v) is 7.97. The van der Waals surface area contributed by atoms with E-state index >= 15 is 0 Å². The van der Waals surface area contributed by atoms with Crippen molar-refractivity contribution in [2.75, 3.05) is 6.54 Å². The van der Waals surface area contributed by atoms with Crippen molar-refractivity contribution in [3.8, 4) is 6.07 Å². The highest BCUT2D eigenvalue weighted by molar-refractivity contribution is 7.94. The van der Waals surface area contributed by atoms with Crippen molar-refractivity contribution in [2.45, 2.75) is 20.4 Å². The summed E-state index contributed by atoms with van der Waals surface area (Å²) in [7, 11) is -4.18. The molecular formula is C17H17N6O4S. The van der Waals surface area contributed by atoms with Gasteiger partial charge in [0.2, 0.25) is 5.91 Å².